The topological polar surface area (TPSA) is 20.3 Å². The number of benzene rings is 1. The van der Waals surface area contributed by atoms with Crippen molar-refractivity contribution >= 4 is 33.2 Å². The maximum absolute atomic E-state index is 13.9. The molecule has 0 spiro atoms. The van der Waals surface area contributed by atoms with E-state index in [2.05, 4.69) is 15.9 Å². The van der Waals surface area contributed by atoms with Crippen molar-refractivity contribution in [2.24, 2.45) is 0 Å². The second kappa shape index (κ2) is 5.66. The Morgan fingerprint density at radius 1 is 1.40 bits per heavy atom. The van der Waals surface area contributed by atoms with E-state index in [0.29, 0.717) is 11.0 Å². The summed E-state index contributed by atoms with van der Waals surface area (Å²) in [7, 11) is 0. The monoisotopic (exact) mass is 353 g/mol. The third-order valence-corrected chi connectivity index (χ3v) is 4.75. The molecule has 1 aromatic carbocycles. The van der Waals surface area contributed by atoms with E-state index < -0.39 is 5.82 Å². The van der Waals surface area contributed by atoms with Crippen LogP contribution >= 0.6 is 27.3 Å². The van der Waals surface area contributed by atoms with Crippen molar-refractivity contribution in [3.05, 3.63) is 56.4 Å². The zero-order valence-corrected chi connectivity index (χ0v) is 13.1. The lowest BCUT2D eigenvalue weighted by Crippen LogP contribution is -2.33. The molecule has 5 heteroatoms. The molecule has 0 unspecified atom stereocenters. The smallest absolute Gasteiger partial charge is 0.258 e. The van der Waals surface area contributed by atoms with Crippen LogP contribution in [-0.4, -0.2) is 16.8 Å². The second-order valence-electron chi connectivity index (χ2n) is 4.89. The lowest BCUT2D eigenvalue weighted by atomic mass is 10.1. The minimum atomic E-state index is -0.472. The van der Waals surface area contributed by atoms with Crippen LogP contribution in [0.5, 0.6) is 0 Å². The number of hydrogen-bond acceptors (Lipinski definition) is 2. The first-order valence-corrected chi connectivity index (χ1v) is 8.16. The predicted octanol–water partition coefficient (Wildman–Crippen LogP) is 4.45. The summed E-state index contributed by atoms with van der Waals surface area (Å²) in [6.45, 7) is 0.549. The van der Waals surface area contributed by atoms with Gasteiger partial charge in [0.05, 0.1) is 5.56 Å². The molecule has 0 N–H and O–H groups in total. The van der Waals surface area contributed by atoms with Crippen molar-refractivity contribution in [3.63, 3.8) is 0 Å². The Hall–Kier alpha value is -1.20. The largest absolute Gasteiger partial charge is 0.331 e. The third-order valence-electron chi connectivity index (χ3n) is 3.36. The molecule has 1 aromatic heterocycles. The molecule has 20 heavy (non-hydrogen) atoms. The number of nitrogens with zero attached hydrogens (tertiary/aromatic N) is 1. The van der Waals surface area contributed by atoms with Crippen LogP contribution in [0.15, 0.2) is 39.5 Å². The van der Waals surface area contributed by atoms with E-state index >= 15 is 0 Å². The van der Waals surface area contributed by atoms with E-state index in [1.165, 1.54) is 6.07 Å². The van der Waals surface area contributed by atoms with Gasteiger partial charge in [-0.1, -0.05) is 6.07 Å². The fraction of sp³-hybridized carbons (Fsp3) is 0.267. The number of carbonyl (C=O) groups excluding carboxylic acids is 1. The van der Waals surface area contributed by atoms with Crippen molar-refractivity contribution in [2.75, 3.05) is 0 Å². The SMILES string of the molecule is O=C(c1c(F)cccc1Br)N(Cc1ccsc1)C1CC1. The molecule has 0 aliphatic heterocycles. The molecule has 3 rings (SSSR count). The van der Waals surface area contributed by atoms with Gasteiger partial charge in [-0.3, -0.25) is 4.79 Å². The molecule has 2 aromatic rings. The highest BCUT2D eigenvalue weighted by molar-refractivity contribution is 9.10. The lowest BCUT2D eigenvalue weighted by Gasteiger charge is -2.23. The van der Waals surface area contributed by atoms with Crippen LogP contribution in [-0.2, 0) is 6.54 Å². The number of rotatable bonds is 4. The van der Waals surface area contributed by atoms with Gasteiger partial charge in [-0.2, -0.15) is 11.3 Å². The van der Waals surface area contributed by atoms with Gasteiger partial charge in [0.25, 0.3) is 5.91 Å². The van der Waals surface area contributed by atoms with E-state index in [-0.39, 0.29) is 17.5 Å². The molecule has 2 nitrogen and oxygen atoms in total. The first-order valence-electron chi connectivity index (χ1n) is 6.43. The zero-order valence-electron chi connectivity index (χ0n) is 10.7. The Morgan fingerprint density at radius 3 is 2.80 bits per heavy atom. The van der Waals surface area contributed by atoms with Crippen molar-refractivity contribution in [1.29, 1.82) is 0 Å². The molecule has 1 fully saturated rings. The number of carbonyl (C=O) groups is 1. The molecule has 1 amide bonds. The van der Waals surface area contributed by atoms with Crippen LogP contribution in [0.3, 0.4) is 0 Å². The van der Waals surface area contributed by atoms with Crippen LogP contribution < -0.4 is 0 Å². The van der Waals surface area contributed by atoms with E-state index in [4.69, 9.17) is 0 Å². The first kappa shape index (κ1) is 13.8. The van der Waals surface area contributed by atoms with Crippen LogP contribution in [0.25, 0.3) is 0 Å². The van der Waals surface area contributed by atoms with Gasteiger partial charge in [-0.25, -0.2) is 4.39 Å². The van der Waals surface area contributed by atoms with Crippen molar-refractivity contribution in [2.45, 2.75) is 25.4 Å². The maximum atomic E-state index is 13.9. The summed E-state index contributed by atoms with van der Waals surface area (Å²) < 4.78 is 14.5. The summed E-state index contributed by atoms with van der Waals surface area (Å²) in [6.07, 6.45) is 2.00. The van der Waals surface area contributed by atoms with Gasteiger partial charge < -0.3 is 4.90 Å². The molecule has 1 aliphatic carbocycles. The molecule has 0 radical (unpaired) electrons. The van der Waals surface area contributed by atoms with Crippen LogP contribution in [0.2, 0.25) is 0 Å². The van der Waals surface area contributed by atoms with Gasteiger partial charge in [0.15, 0.2) is 0 Å². The molecular formula is C15H13BrFNOS. The highest BCUT2D eigenvalue weighted by Crippen LogP contribution is 2.32. The molecule has 0 bridgehead atoms. The molecule has 104 valence electrons. The van der Waals surface area contributed by atoms with Gasteiger partial charge in [0.2, 0.25) is 0 Å². The average molecular weight is 354 g/mol. The molecule has 1 aliphatic rings. The van der Waals surface area contributed by atoms with Crippen molar-refractivity contribution in [1.82, 2.24) is 4.90 Å². The molecule has 1 heterocycles. The first-order chi connectivity index (χ1) is 9.66. The van der Waals surface area contributed by atoms with Crippen LogP contribution in [0.4, 0.5) is 4.39 Å². The van der Waals surface area contributed by atoms with Gasteiger partial charge in [0, 0.05) is 17.1 Å². The molecule has 0 saturated heterocycles. The highest BCUT2D eigenvalue weighted by Gasteiger charge is 2.34. The third kappa shape index (κ3) is 2.79. The summed E-state index contributed by atoms with van der Waals surface area (Å²) in [5.41, 5.74) is 1.23. The Labute approximate surface area is 129 Å². The number of amides is 1. The minimum Gasteiger partial charge on any atom is -0.331 e. The zero-order chi connectivity index (χ0) is 14.1. The molecule has 0 atom stereocenters. The Morgan fingerprint density at radius 2 is 2.20 bits per heavy atom. The normalized spacial score (nSPS) is 14.3. The fourth-order valence-corrected chi connectivity index (χ4v) is 3.35. The maximum Gasteiger partial charge on any atom is 0.258 e. The van der Waals surface area contributed by atoms with Crippen molar-refractivity contribution < 1.29 is 9.18 Å². The predicted molar refractivity (Wildman–Crippen MR) is 81.3 cm³/mol. The van der Waals surface area contributed by atoms with E-state index in [1.807, 2.05) is 16.8 Å². The standard InChI is InChI=1S/C15H13BrFNOS/c16-12-2-1-3-13(17)14(12)15(19)18(11-4-5-11)8-10-6-7-20-9-10/h1-3,6-7,9,11H,4-5,8H2. The summed E-state index contributed by atoms with van der Waals surface area (Å²) in [6, 6.07) is 6.87. The summed E-state index contributed by atoms with van der Waals surface area (Å²) in [4.78, 5) is 14.4. The van der Waals surface area contributed by atoms with Gasteiger partial charge in [0.1, 0.15) is 5.82 Å². The van der Waals surface area contributed by atoms with Gasteiger partial charge in [-0.15, -0.1) is 0 Å². The Balaban J connectivity index is 1.89. The van der Waals surface area contributed by atoms with Crippen LogP contribution in [0, 0.1) is 5.82 Å². The summed E-state index contributed by atoms with van der Waals surface area (Å²) >= 11 is 4.88. The van der Waals surface area contributed by atoms with Crippen molar-refractivity contribution in [3.8, 4) is 0 Å². The number of hydrogen-bond donors (Lipinski definition) is 0. The number of thiophene rings is 1. The van der Waals surface area contributed by atoms with E-state index in [1.54, 1.807) is 28.4 Å². The average Bonchev–Trinajstić information content (AvgIpc) is 3.12. The second-order valence-corrected chi connectivity index (χ2v) is 6.53. The summed E-state index contributed by atoms with van der Waals surface area (Å²) in [5.74, 6) is -0.705. The minimum absolute atomic E-state index is 0.134. The molecular weight excluding hydrogens is 341 g/mol. The highest BCUT2D eigenvalue weighted by atomic mass is 79.9. The molecule has 1 saturated carbocycles. The lowest BCUT2D eigenvalue weighted by molar-refractivity contribution is 0.0724. The number of halogens is 2. The fourth-order valence-electron chi connectivity index (χ4n) is 2.18. The van der Waals surface area contributed by atoms with E-state index in [9.17, 15) is 9.18 Å². The van der Waals surface area contributed by atoms with Gasteiger partial charge in [-0.05, 0) is 63.3 Å². The Bertz CT molecular complexity index is 605. The van der Waals surface area contributed by atoms with Gasteiger partial charge >= 0.3 is 0 Å². The summed E-state index contributed by atoms with van der Waals surface area (Å²) in [5, 5.41) is 4.02. The van der Waals surface area contributed by atoms with E-state index in [0.717, 1.165) is 18.4 Å². The Kier molecular flexibility index (Phi) is 3.89. The van der Waals surface area contributed by atoms with Crippen LogP contribution in [0.1, 0.15) is 28.8 Å². The quantitative estimate of drug-likeness (QED) is 0.794.